The Labute approximate surface area is 140 Å². The molecular weight excluding hydrogens is 308 g/mol. The summed E-state index contributed by atoms with van der Waals surface area (Å²) in [5, 5.41) is 15.8. The van der Waals surface area contributed by atoms with Gasteiger partial charge in [-0.25, -0.2) is 4.79 Å². The molecule has 0 fully saturated rings. The summed E-state index contributed by atoms with van der Waals surface area (Å²) in [6.07, 6.45) is 2.31. The predicted octanol–water partition coefficient (Wildman–Crippen LogP) is 2.14. The molecule has 0 aliphatic heterocycles. The molecule has 0 radical (unpaired) electrons. The van der Waals surface area contributed by atoms with Crippen LogP contribution in [0, 0.1) is 0 Å². The van der Waals surface area contributed by atoms with Crippen LogP contribution in [0.3, 0.4) is 0 Å². The quantitative estimate of drug-likeness (QED) is 0.679. The van der Waals surface area contributed by atoms with Crippen LogP contribution in [0.1, 0.15) is 29.3 Å². The standard InChI is InChI=1S/C18H22N2O4/c21-16-11-13-5-1-2-7-15(13)17(16)20-18(22)19-8-4-9-23-12-14-6-3-10-24-14/h1-3,5-7,10,16-17,21H,4,8-9,11-12H2,(H2,19,20,22)/t16-,17+/m0/s1. The highest BCUT2D eigenvalue weighted by atomic mass is 16.5. The molecule has 3 N–H and O–H groups in total. The molecule has 1 heterocycles. The van der Waals surface area contributed by atoms with Gasteiger partial charge in [-0.15, -0.1) is 0 Å². The van der Waals surface area contributed by atoms with Gasteiger partial charge in [0, 0.05) is 19.6 Å². The molecular formula is C18H22N2O4. The molecule has 0 saturated heterocycles. The number of hydrogen-bond acceptors (Lipinski definition) is 4. The number of urea groups is 1. The number of furan rings is 1. The molecule has 6 nitrogen and oxygen atoms in total. The lowest BCUT2D eigenvalue weighted by atomic mass is 10.1. The van der Waals surface area contributed by atoms with Crippen molar-refractivity contribution in [1.82, 2.24) is 10.6 Å². The van der Waals surface area contributed by atoms with Crippen molar-refractivity contribution in [2.75, 3.05) is 13.2 Å². The van der Waals surface area contributed by atoms with Crippen LogP contribution in [-0.2, 0) is 17.8 Å². The molecule has 0 unspecified atom stereocenters. The van der Waals surface area contributed by atoms with Crippen molar-refractivity contribution >= 4 is 6.03 Å². The Morgan fingerprint density at radius 1 is 1.29 bits per heavy atom. The Morgan fingerprint density at radius 3 is 3.00 bits per heavy atom. The van der Waals surface area contributed by atoms with Gasteiger partial charge in [-0.1, -0.05) is 24.3 Å². The van der Waals surface area contributed by atoms with E-state index in [0.717, 1.165) is 16.9 Å². The number of aliphatic hydroxyl groups excluding tert-OH is 1. The number of rotatable bonds is 7. The van der Waals surface area contributed by atoms with Gasteiger partial charge in [0.05, 0.1) is 18.4 Å². The van der Waals surface area contributed by atoms with Crippen LogP contribution in [0.15, 0.2) is 47.1 Å². The molecule has 3 rings (SSSR count). The highest BCUT2D eigenvalue weighted by Gasteiger charge is 2.31. The number of ether oxygens (including phenoxy) is 1. The average molecular weight is 330 g/mol. The topological polar surface area (TPSA) is 83.7 Å². The predicted molar refractivity (Wildman–Crippen MR) is 88.4 cm³/mol. The number of fused-ring (bicyclic) bond motifs is 1. The van der Waals surface area contributed by atoms with Crippen LogP contribution in [0.4, 0.5) is 4.79 Å². The lowest BCUT2D eigenvalue weighted by molar-refractivity contribution is 0.104. The van der Waals surface area contributed by atoms with Crippen molar-refractivity contribution in [3.8, 4) is 0 Å². The maximum atomic E-state index is 12.0. The zero-order valence-electron chi connectivity index (χ0n) is 13.4. The first-order valence-corrected chi connectivity index (χ1v) is 8.14. The minimum atomic E-state index is -0.579. The average Bonchev–Trinajstić information content (AvgIpc) is 3.19. The van der Waals surface area contributed by atoms with E-state index in [1.807, 2.05) is 36.4 Å². The Hall–Kier alpha value is -2.31. The summed E-state index contributed by atoms with van der Waals surface area (Å²) in [6, 6.07) is 10.8. The Bertz CT molecular complexity index is 657. The molecule has 2 aromatic rings. The lowest BCUT2D eigenvalue weighted by Crippen LogP contribution is -2.41. The van der Waals surface area contributed by atoms with Gasteiger partial charge in [-0.3, -0.25) is 0 Å². The van der Waals surface area contributed by atoms with Crippen molar-refractivity contribution in [3.63, 3.8) is 0 Å². The van der Waals surface area contributed by atoms with Crippen molar-refractivity contribution in [2.45, 2.75) is 31.6 Å². The van der Waals surface area contributed by atoms with Crippen LogP contribution in [-0.4, -0.2) is 30.4 Å². The third-order valence-electron chi connectivity index (χ3n) is 4.07. The van der Waals surface area contributed by atoms with Crippen molar-refractivity contribution < 1.29 is 19.1 Å². The fourth-order valence-corrected chi connectivity index (χ4v) is 2.88. The molecule has 128 valence electrons. The summed E-state index contributed by atoms with van der Waals surface area (Å²) < 4.78 is 10.6. The van der Waals surface area contributed by atoms with Gasteiger partial charge in [0.15, 0.2) is 0 Å². The van der Waals surface area contributed by atoms with Crippen LogP contribution in [0.5, 0.6) is 0 Å². The van der Waals surface area contributed by atoms with Gasteiger partial charge in [0.25, 0.3) is 0 Å². The lowest BCUT2D eigenvalue weighted by Gasteiger charge is -2.18. The summed E-state index contributed by atoms with van der Waals surface area (Å²) >= 11 is 0. The molecule has 0 spiro atoms. The first-order valence-electron chi connectivity index (χ1n) is 8.14. The first kappa shape index (κ1) is 16.5. The summed E-state index contributed by atoms with van der Waals surface area (Å²) in [7, 11) is 0. The number of nitrogens with one attached hydrogen (secondary N) is 2. The number of amides is 2. The molecule has 1 aliphatic carbocycles. The highest BCUT2D eigenvalue weighted by molar-refractivity contribution is 5.74. The van der Waals surface area contributed by atoms with Gasteiger partial charge in [0.1, 0.15) is 12.4 Å². The zero-order valence-corrected chi connectivity index (χ0v) is 13.4. The number of carbonyl (C=O) groups excluding carboxylic acids is 1. The van der Waals surface area contributed by atoms with E-state index in [9.17, 15) is 9.90 Å². The second-order valence-corrected chi connectivity index (χ2v) is 5.83. The normalized spacial score (nSPS) is 19.0. The number of carbonyl (C=O) groups is 1. The van der Waals surface area contributed by atoms with Gasteiger partial charge in [-0.2, -0.15) is 0 Å². The van der Waals surface area contributed by atoms with Crippen LogP contribution in [0.2, 0.25) is 0 Å². The molecule has 0 bridgehead atoms. The van der Waals surface area contributed by atoms with Crippen molar-refractivity contribution in [1.29, 1.82) is 0 Å². The van der Waals surface area contributed by atoms with Crippen LogP contribution < -0.4 is 10.6 Å². The van der Waals surface area contributed by atoms with E-state index >= 15 is 0 Å². The van der Waals surface area contributed by atoms with Gasteiger partial charge < -0.3 is 24.9 Å². The second-order valence-electron chi connectivity index (χ2n) is 5.83. The van der Waals surface area contributed by atoms with E-state index in [1.165, 1.54) is 0 Å². The van der Waals surface area contributed by atoms with E-state index in [4.69, 9.17) is 9.15 Å². The minimum Gasteiger partial charge on any atom is -0.467 e. The summed E-state index contributed by atoms with van der Waals surface area (Å²) in [4.78, 5) is 12.0. The van der Waals surface area contributed by atoms with E-state index in [1.54, 1.807) is 6.26 Å². The Balaban J connectivity index is 1.34. The van der Waals surface area contributed by atoms with E-state index < -0.39 is 6.10 Å². The summed E-state index contributed by atoms with van der Waals surface area (Å²) in [5.41, 5.74) is 2.07. The minimum absolute atomic E-state index is 0.276. The fourth-order valence-electron chi connectivity index (χ4n) is 2.88. The van der Waals surface area contributed by atoms with Crippen LogP contribution in [0.25, 0.3) is 0 Å². The molecule has 2 amide bonds. The Morgan fingerprint density at radius 2 is 2.17 bits per heavy atom. The van der Waals surface area contributed by atoms with Crippen LogP contribution >= 0.6 is 0 Å². The summed E-state index contributed by atoms with van der Waals surface area (Å²) in [5.74, 6) is 0.787. The molecule has 2 atom stereocenters. The number of benzene rings is 1. The third-order valence-corrected chi connectivity index (χ3v) is 4.07. The Kier molecular flexibility index (Phi) is 5.51. The molecule has 24 heavy (non-hydrogen) atoms. The molecule has 0 saturated carbocycles. The first-order chi connectivity index (χ1) is 11.7. The van der Waals surface area contributed by atoms with E-state index in [0.29, 0.717) is 32.6 Å². The third kappa shape index (κ3) is 4.15. The van der Waals surface area contributed by atoms with Gasteiger partial charge in [-0.05, 0) is 29.7 Å². The summed E-state index contributed by atoms with van der Waals surface area (Å²) in [6.45, 7) is 1.48. The zero-order chi connectivity index (χ0) is 16.8. The molecule has 6 heteroatoms. The molecule has 1 aromatic carbocycles. The van der Waals surface area contributed by atoms with Crippen molar-refractivity contribution in [2.24, 2.45) is 0 Å². The monoisotopic (exact) mass is 330 g/mol. The van der Waals surface area contributed by atoms with Crippen molar-refractivity contribution in [3.05, 3.63) is 59.5 Å². The molecule has 1 aromatic heterocycles. The second kappa shape index (κ2) is 7.99. The maximum absolute atomic E-state index is 12.0. The number of aliphatic hydroxyl groups is 1. The maximum Gasteiger partial charge on any atom is 0.315 e. The highest BCUT2D eigenvalue weighted by Crippen LogP contribution is 2.30. The number of hydrogen-bond donors (Lipinski definition) is 3. The largest absolute Gasteiger partial charge is 0.467 e. The SMILES string of the molecule is O=C(NCCCOCc1ccco1)N[C@@H]1c2ccccc2C[C@@H]1O. The molecule has 1 aliphatic rings. The van der Waals surface area contributed by atoms with E-state index in [2.05, 4.69) is 10.6 Å². The fraction of sp³-hybridized carbons (Fsp3) is 0.389. The van der Waals surface area contributed by atoms with E-state index in [-0.39, 0.29) is 12.1 Å². The van der Waals surface area contributed by atoms with Gasteiger partial charge >= 0.3 is 6.03 Å². The smallest absolute Gasteiger partial charge is 0.315 e. The van der Waals surface area contributed by atoms with Gasteiger partial charge in [0.2, 0.25) is 0 Å².